The number of aromatic nitrogens is 6. The van der Waals surface area contributed by atoms with Crippen LogP contribution >= 0.6 is 11.3 Å². The van der Waals surface area contributed by atoms with Crippen molar-refractivity contribution in [1.29, 1.82) is 0 Å². The molecule has 0 aromatic carbocycles. The molecule has 1 saturated carbocycles. The number of thiazole rings is 1. The van der Waals surface area contributed by atoms with E-state index >= 15 is 0 Å². The minimum absolute atomic E-state index is 0.170. The lowest BCUT2D eigenvalue weighted by Gasteiger charge is -2.34. The van der Waals surface area contributed by atoms with Crippen LogP contribution in [0.1, 0.15) is 36.3 Å². The van der Waals surface area contributed by atoms with Crippen LogP contribution in [0.5, 0.6) is 0 Å². The zero-order valence-electron chi connectivity index (χ0n) is 17.2. The third kappa shape index (κ3) is 4.04. The Balaban J connectivity index is 1.40. The number of carbonyl (C=O) groups is 1. The highest BCUT2D eigenvalue weighted by Crippen LogP contribution is 2.37. The minimum atomic E-state index is -0.438. The van der Waals surface area contributed by atoms with Crippen molar-refractivity contribution in [3.8, 4) is 22.0 Å². The van der Waals surface area contributed by atoms with Gasteiger partial charge in [0.15, 0.2) is 0 Å². The van der Waals surface area contributed by atoms with Crippen LogP contribution in [0.3, 0.4) is 0 Å². The largest absolute Gasteiger partial charge is 0.378 e. The summed E-state index contributed by atoms with van der Waals surface area (Å²) in [4.78, 5) is 21.4. The number of hydrogen-bond donors (Lipinski definition) is 2. The molecule has 1 aliphatic rings. The Morgan fingerprint density at radius 2 is 2.25 bits per heavy atom. The number of rotatable bonds is 7. The highest BCUT2D eigenvalue weighted by atomic mass is 32.1. The Morgan fingerprint density at radius 3 is 2.97 bits per heavy atom. The zero-order valence-corrected chi connectivity index (χ0v) is 18.0. The van der Waals surface area contributed by atoms with Gasteiger partial charge >= 0.3 is 0 Å². The number of nitrogens with one attached hydrogen (secondary N) is 2. The Kier molecular flexibility index (Phi) is 5.50. The van der Waals surface area contributed by atoms with Gasteiger partial charge in [-0.3, -0.25) is 19.6 Å². The fraction of sp³-hybridized carbons (Fsp3) is 0.286. The normalized spacial score (nSPS) is 17.8. The fourth-order valence-electron chi connectivity index (χ4n) is 3.57. The highest BCUT2D eigenvalue weighted by molar-refractivity contribution is 7.13. The molecule has 4 heterocycles. The highest BCUT2D eigenvalue weighted by Gasteiger charge is 2.32. The lowest BCUT2D eigenvalue weighted by atomic mass is 9.89. The first-order chi connectivity index (χ1) is 15.6. The molecule has 0 atom stereocenters. The molecule has 0 radical (unpaired) electrons. The third-order valence-corrected chi connectivity index (χ3v) is 6.17. The van der Waals surface area contributed by atoms with Gasteiger partial charge in [-0.05, 0) is 31.9 Å². The number of halogens is 1. The van der Waals surface area contributed by atoms with E-state index in [2.05, 4.69) is 30.6 Å². The predicted octanol–water partition coefficient (Wildman–Crippen LogP) is 3.92. The molecule has 0 saturated heterocycles. The molecule has 1 amide bonds. The molecule has 11 heteroatoms. The fourth-order valence-corrected chi connectivity index (χ4v) is 4.35. The number of ether oxygens (including phenoxy) is 1. The van der Waals surface area contributed by atoms with E-state index in [1.807, 2.05) is 11.6 Å². The second-order valence-electron chi connectivity index (χ2n) is 7.41. The zero-order chi connectivity index (χ0) is 22.1. The predicted molar refractivity (Wildman–Crippen MR) is 117 cm³/mol. The van der Waals surface area contributed by atoms with Crippen molar-refractivity contribution in [3.63, 3.8) is 0 Å². The maximum atomic E-state index is 13.4. The Labute approximate surface area is 186 Å². The van der Waals surface area contributed by atoms with E-state index in [0.717, 1.165) is 24.6 Å². The first kappa shape index (κ1) is 20.5. The second kappa shape index (κ2) is 8.60. The summed E-state index contributed by atoms with van der Waals surface area (Å²) >= 11 is 1.36. The number of H-pyrrole nitrogens is 1. The molecule has 4 aromatic rings. The molecule has 1 fully saturated rings. The van der Waals surface area contributed by atoms with E-state index in [4.69, 9.17) is 4.74 Å². The van der Waals surface area contributed by atoms with Crippen molar-refractivity contribution < 1.29 is 13.9 Å². The van der Waals surface area contributed by atoms with Gasteiger partial charge in [-0.2, -0.15) is 10.2 Å². The maximum Gasteiger partial charge on any atom is 0.275 e. The lowest BCUT2D eigenvalue weighted by Crippen LogP contribution is -2.33. The maximum absolute atomic E-state index is 13.4. The average Bonchev–Trinajstić information content (AvgIpc) is 3.51. The molecule has 0 aliphatic heterocycles. The molecule has 32 heavy (non-hydrogen) atoms. The number of carbonyl (C=O) groups excluding carboxylic acids is 1. The quantitative estimate of drug-likeness (QED) is 0.439. The van der Waals surface area contributed by atoms with Gasteiger partial charge in [0, 0.05) is 29.9 Å². The summed E-state index contributed by atoms with van der Waals surface area (Å²) in [6.45, 7) is 2.65. The van der Waals surface area contributed by atoms with Crippen molar-refractivity contribution in [2.45, 2.75) is 31.9 Å². The van der Waals surface area contributed by atoms with E-state index in [1.54, 1.807) is 30.0 Å². The van der Waals surface area contributed by atoms with Gasteiger partial charge in [0.2, 0.25) is 0 Å². The van der Waals surface area contributed by atoms with Crippen LogP contribution in [0.4, 0.5) is 10.1 Å². The van der Waals surface area contributed by atoms with Gasteiger partial charge in [0.05, 0.1) is 35.9 Å². The van der Waals surface area contributed by atoms with Gasteiger partial charge in [0.25, 0.3) is 5.91 Å². The van der Waals surface area contributed by atoms with Gasteiger partial charge in [-0.15, -0.1) is 11.3 Å². The van der Waals surface area contributed by atoms with Crippen LogP contribution in [-0.4, -0.2) is 48.6 Å². The van der Waals surface area contributed by atoms with Crippen LogP contribution in [0, 0.1) is 5.82 Å². The lowest BCUT2D eigenvalue weighted by molar-refractivity contribution is -0.0226. The first-order valence-corrected chi connectivity index (χ1v) is 11.1. The topological polar surface area (TPSA) is 111 Å². The van der Waals surface area contributed by atoms with E-state index < -0.39 is 5.82 Å². The summed E-state index contributed by atoms with van der Waals surface area (Å²) in [5.41, 5.74) is 2.54. The molecule has 2 N–H and O–H groups in total. The number of anilines is 1. The standard InChI is InChI=1S/C21H20FN7O2S/c1-2-31-15-5-14(6-15)29-10-17(19(28-29)16-4-3-13(22)9-23-16)26-20(30)18-11-32-21(27-18)12-7-24-25-8-12/h3-4,7-11,14-15H,2,5-6H2,1H3,(H,24,25)(H,26,30). The van der Waals surface area contributed by atoms with Crippen LogP contribution in [0.15, 0.2) is 42.3 Å². The van der Waals surface area contributed by atoms with E-state index in [0.29, 0.717) is 28.7 Å². The van der Waals surface area contributed by atoms with E-state index in [-0.39, 0.29) is 23.7 Å². The smallest absolute Gasteiger partial charge is 0.275 e. The molecule has 1 aliphatic carbocycles. The molecule has 164 valence electrons. The second-order valence-corrected chi connectivity index (χ2v) is 8.27. The summed E-state index contributed by atoms with van der Waals surface area (Å²) in [6.07, 6.45) is 8.20. The van der Waals surface area contributed by atoms with E-state index in [1.165, 1.54) is 17.4 Å². The number of hydrogen-bond acceptors (Lipinski definition) is 7. The number of aromatic amines is 1. The molecule has 0 spiro atoms. The van der Waals surface area contributed by atoms with Crippen LogP contribution in [-0.2, 0) is 4.74 Å². The summed E-state index contributed by atoms with van der Waals surface area (Å²) < 4.78 is 20.8. The van der Waals surface area contributed by atoms with Crippen LogP contribution in [0.2, 0.25) is 0 Å². The number of pyridine rings is 1. The molecule has 9 nitrogen and oxygen atoms in total. The third-order valence-electron chi connectivity index (χ3n) is 5.28. The van der Waals surface area contributed by atoms with Gasteiger partial charge in [-0.1, -0.05) is 0 Å². The Hall–Kier alpha value is -3.44. The van der Waals surface area contributed by atoms with Crippen molar-refractivity contribution in [2.24, 2.45) is 0 Å². The van der Waals surface area contributed by atoms with Crippen molar-refractivity contribution in [2.75, 3.05) is 11.9 Å². The van der Waals surface area contributed by atoms with Crippen molar-refractivity contribution in [3.05, 3.63) is 53.8 Å². The molecular formula is C21H20FN7O2S. The minimum Gasteiger partial charge on any atom is -0.378 e. The summed E-state index contributed by atoms with van der Waals surface area (Å²) in [5.74, 6) is -0.800. The summed E-state index contributed by atoms with van der Waals surface area (Å²) in [6, 6.07) is 3.03. The summed E-state index contributed by atoms with van der Waals surface area (Å²) in [7, 11) is 0. The summed E-state index contributed by atoms with van der Waals surface area (Å²) in [5, 5.41) is 16.6. The van der Waals surface area contributed by atoms with E-state index in [9.17, 15) is 9.18 Å². The van der Waals surface area contributed by atoms with Gasteiger partial charge in [0.1, 0.15) is 22.2 Å². The first-order valence-electron chi connectivity index (χ1n) is 10.2. The SMILES string of the molecule is CCOC1CC(n2cc(NC(=O)c3csc(-c4cn[nH]c4)n3)c(-c3ccc(F)cn3)n2)C1. The molecule has 0 unspecified atom stereocenters. The Morgan fingerprint density at radius 1 is 1.38 bits per heavy atom. The Bertz CT molecular complexity index is 1210. The number of nitrogens with zero attached hydrogens (tertiary/aromatic N) is 5. The van der Waals surface area contributed by atoms with Gasteiger partial charge in [-0.25, -0.2) is 9.37 Å². The van der Waals surface area contributed by atoms with Crippen LogP contribution in [0.25, 0.3) is 22.0 Å². The number of amides is 1. The van der Waals surface area contributed by atoms with Crippen molar-refractivity contribution in [1.82, 2.24) is 29.9 Å². The molecule has 5 rings (SSSR count). The molecule has 4 aromatic heterocycles. The average molecular weight is 454 g/mol. The van der Waals surface area contributed by atoms with Crippen molar-refractivity contribution >= 4 is 22.9 Å². The van der Waals surface area contributed by atoms with Crippen LogP contribution < -0.4 is 5.32 Å². The van der Waals surface area contributed by atoms with Gasteiger partial charge < -0.3 is 10.1 Å². The molecule has 0 bridgehead atoms. The molecular weight excluding hydrogens is 433 g/mol. The monoisotopic (exact) mass is 453 g/mol.